The van der Waals surface area contributed by atoms with E-state index in [9.17, 15) is 9.59 Å². The van der Waals surface area contributed by atoms with Crippen LogP contribution in [0.1, 0.15) is 20.8 Å². The molecule has 3 N–H and O–H groups in total. The van der Waals surface area contributed by atoms with Gasteiger partial charge < -0.3 is 15.6 Å². The van der Waals surface area contributed by atoms with Crippen molar-refractivity contribution in [2.24, 2.45) is 5.73 Å². The van der Waals surface area contributed by atoms with E-state index >= 15 is 0 Å². The molecule has 12 heavy (non-hydrogen) atoms. The fraction of sp³-hybridized carbons (Fsp3) is 0.714. The lowest BCUT2D eigenvalue weighted by atomic mass is 10.2. The fourth-order valence-corrected chi connectivity index (χ4v) is 0.474. The Hall–Kier alpha value is -1.10. The molecule has 0 saturated carbocycles. The number of nitrogens with two attached hydrogens (primary N) is 1. The summed E-state index contributed by atoms with van der Waals surface area (Å²) in [6, 6.07) is 0. The van der Waals surface area contributed by atoms with Crippen LogP contribution < -0.4 is 5.73 Å². The summed E-state index contributed by atoms with van der Waals surface area (Å²) >= 11 is 0. The predicted octanol–water partition coefficient (Wildman–Crippen LogP) is -0.826. The number of hydrogen-bond acceptors (Lipinski definition) is 4. The largest absolute Gasteiger partial charge is 0.458 e. The second-order valence-electron chi connectivity index (χ2n) is 3.34. The summed E-state index contributed by atoms with van der Waals surface area (Å²) in [7, 11) is 0. The van der Waals surface area contributed by atoms with Crippen LogP contribution in [-0.4, -0.2) is 28.7 Å². The SMILES string of the molecule is CC(C)(C)OC(=O)C(O)C(N)=O. The molecule has 1 unspecified atom stereocenters. The van der Waals surface area contributed by atoms with Crippen LogP contribution in [0.3, 0.4) is 0 Å². The number of amides is 1. The van der Waals surface area contributed by atoms with Crippen molar-refractivity contribution < 1.29 is 19.4 Å². The normalized spacial score (nSPS) is 13.7. The van der Waals surface area contributed by atoms with Crippen molar-refractivity contribution in [3.8, 4) is 0 Å². The summed E-state index contributed by atoms with van der Waals surface area (Å²) < 4.78 is 4.67. The molecule has 0 fully saturated rings. The van der Waals surface area contributed by atoms with Gasteiger partial charge in [0.25, 0.3) is 5.91 Å². The average Bonchev–Trinajstić information content (AvgIpc) is 1.82. The number of esters is 1. The molecular weight excluding hydrogens is 162 g/mol. The Kier molecular flexibility index (Phi) is 3.21. The number of primary amides is 1. The van der Waals surface area contributed by atoms with E-state index in [4.69, 9.17) is 5.11 Å². The van der Waals surface area contributed by atoms with Crippen molar-refractivity contribution in [1.82, 2.24) is 0 Å². The fourth-order valence-electron chi connectivity index (χ4n) is 0.474. The quantitative estimate of drug-likeness (QED) is 0.423. The van der Waals surface area contributed by atoms with Crippen LogP contribution >= 0.6 is 0 Å². The van der Waals surface area contributed by atoms with Gasteiger partial charge in [-0.1, -0.05) is 0 Å². The molecule has 0 aromatic heterocycles. The van der Waals surface area contributed by atoms with Crippen LogP contribution in [0, 0.1) is 0 Å². The molecule has 70 valence electrons. The molecular formula is C7H13NO4. The predicted molar refractivity (Wildman–Crippen MR) is 41.0 cm³/mol. The number of rotatable bonds is 2. The lowest BCUT2D eigenvalue weighted by molar-refractivity contribution is -0.167. The zero-order valence-corrected chi connectivity index (χ0v) is 7.33. The molecule has 0 bridgehead atoms. The van der Waals surface area contributed by atoms with E-state index in [1.54, 1.807) is 20.8 Å². The topological polar surface area (TPSA) is 89.6 Å². The van der Waals surface area contributed by atoms with Gasteiger partial charge in [0.15, 0.2) is 0 Å². The van der Waals surface area contributed by atoms with Gasteiger partial charge in [0.05, 0.1) is 0 Å². The minimum absolute atomic E-state index is 0.729. The van der Waals surface area contributed by atoms with Gasteiger partial charge in [0.2, 0.25) is 6.10 Å². The van der Waals surface area contributed by atoms with Gasteiger partial charge in [-0.3, -0.25) is 4.79 Å². The van der Waals surface area contributed by atoms with Gasteiger partial charge in [0, 0.05) is 0 Å². The zero-order valence-electron chi connectivity index (χ0n) is 7.33. The Morgan fingerprint density at radius 2 is 1.83 bits per heavy atom. The molecule has 0 aromatic rings. The van der Waals surface area contributed by atoms with E-state index in [-0.39, 0.29) is 0 Å². The van der Waals surface area contributed by atoms with Crippen molar-refractivity contribution in [2.75, 3.05) is 0 Å². The Morgan fingerprint density at radius 1 is 1.42 bits per heavy atom. The highest BCUT2D eigenvalue weighted by atomic mass is 16.6. The third-order valence-electron chi connectivity index (χ3n) is 0.900. The number of aliphatic hydroxyl groups excluding tert-OH is 1. The van der Waals surface area contributed by atoms with Gasteiger partial charge >= 0.3 is 5.97 Å². The summed E-state index contributed by atoms with van der Waals surface area (Å²) in [6.45, 7) is 4.87. The maximum absolute atomic E-state index is 10.8. The number of carbonyl (C=O) groups is 2. The lowest BCUT2D eigenvalue weighted by Crippen LogP contribution is -2.40. The number of aliphatic hydroxyl groups is 1. The first-order valence-corrected chi connectivity index (χ1v) is 3.44. The molecule has 0 aliphatic heterocycles. The average molecular weight is 175 g/mol. The van der Waals surface area contributed by atoms with Crippen LogP contribution in [0.4, 0.5) is 0 Å². The molecule has 0 aliphatic carbocycles. The third-order valence-corrected chi connectivity index (χ3v) is 0.900. The van der Waals surface area contributed by atoms with Crippen LogP contribution in [0.5, 0.6) is 0 Å². The molecule has 5 heteroatoms. The van der Waals surface area contributed by atoms with E-state index in [0.717, 1.165) is 0 Å². The van der Waals surface area contributed by atoms with E-state index < -0.39 is 23.6 Å². The standard InChI is InChI=1S/C7H13NO4/c1-7(2,3)12-6(11)4(9)5(8)10/h4,9H,1-3H3,(H2,8,10). The number of carbonyl (C=O) groups excluding carboxylic acids is 2. The van der Waals surface area contributed by atoms with E-state index in [2.05, 4.69) is 10.5 Å². The molecule has 0 rings (SSSR count). The van der Waals surface area contributed by atoms with Gasteiger partial charge in [-0.15, -0.1) is 0 Å². The third kappa shape index (κ3) is 3.92. The van der Waals surface area contributed by atoms with E-state index in [0.29, 0.717) is 0 Å². The highest BCUT2D eigenvalue weighted by Crippen LogP contribution is 2.07. The number of ether oxygens (including phenoxy) is 1. The molecule has 0 spiro atoms. The number of hydrogen-bond donors (Lipinski definition) is 2. The zero-order chi connectivity index (χ0) is 9.94. The Labute approximate surface area is 70.5 Å². The maximum atomic E-state index is 10.8. The first kappa shape index (κ1) is 10.9. The van der Waals surface area contributed by atoms with Crippen molar-refractivity contribution in [3.05, 3.63) is 0 Å². The van der Waals surface area contributed by atoms with Crippen molar-refractivity contribution in [2.45, 2.75) is 32.5 Å². The molecule has 5 nitrogen and oxygen atoms in total. The van der Waals surface area contributed by atoms with E-state index in [1.807, 2.05) is 0 Å². The van der Waals surface area contributed by atoms with Crippen molar-refractivity contribution >= 4 is 11.9 Å². The summed E-state index contributed by atoms with van der Waals surface area (Å²) in [5.41, 5.74) is 3.94. The summed E-state index contributed by atoms with van der Waals surface area (Å²) in [5.74, 6) is -2.13. The van der Waals surface area contributed by atoms with Crippen LogP contribution in [-0.2, 0) is 14.3 Å². The van der Waals surface area contributed by atoms with Crippen LogP contribution in [0.2, 0.25) is 0 Å². The van der Waals surface area contributed by atoms with Gasteiger partial charge in [-0.25, -0.2) is 4.79 Å². The first-order valence-electron chi connectivity index (χ1n) is 3.44. The van der Waals surface area contributed by atoms with E-state index in [1.165, 1.54) is 0 Å². The second-order valence-corrected chi connectivity index (χ2v) is 3.34. The molecule has 0 aromatic carbocycles. The monoisotopic (exact) mass is 175 g/mol. The highest BCUT2D eigenvalue weighted by molar-refractivity contribution is 5.99. The van der Waals surface area contributed by atoms with Crippen LogP contribution in [0.25, 0.3) is 0 Å². The van der Waals surface area contributed by atoms with Gasteiger partial charge in [-0.2, -0.15) is 0 Å². The summed E-state index contributed by atoms with van der Waals surface area (Å²) in [6.07, 6.45) is -1.87. The van der Waals surface area contributed by atoms with Gasteiger partial charge in [0.1, 0.15) is 5.60 Å². The molecule has 1 atom stereocenters. The lowest BCUT2D eigenvalue weighted by Gasteiger charge is -2.20. The molecule has 0 radical (unpaired) electrons. The highest BCUT2D eigenvalue weighted by Gasteiger charge is 2.26. The van der Waals surface area contributed by atoms with Crippen molar-refractivity contribution in [1.29, 1.82) is 0 Å². The Bertz CT molecular complexity index is 194. The maximum Gasteiger partial charge on any atom is 0.345 e. The second kappa shape index (κ2) is 3.53. The molecule has 0 saturated heterocycles. The molecule has 0 heterocycles. The van der Waals surface area contributed by atoms with Crippen molar-refractivity contribution in [3.63, 3.8) is 0 Å². The van der Waals surface area contributed by atoms with Crippen LogP contribution in [0.15, 0.2) is 0 Å². The minimum Gasteiger partial charge on any atom is -0.458 e. The molecule has 0 aliphatic rings. The Morgan fingerprint density at radius 3 is 2.08 bits per heavy atom. The Balaban J connectivity index is 4.15. The minimum atomic E-state index is -1.87. The molecule has 1 amide bonds. The first-order chi connectivity index (χ1) is 5.24. The smallest absolute Gasteiger partial charge is 0.345 e. The van der Waals surface area contributed by atoms with Gasteiger partial charge in [-0.05, 0) is 20.8 Å². The summed E-state index contributed by atoms with van der Waals surface area (Å²) in [5, 5.41) is 8.81. The summed E-state index contributed by atoms with van der Waals surface area (Å²) in [4.78, 5) is 21.1.